The fourth-order valence-corrected chi connectivity index (χ4v) is 6.14. The molecular weight excluding hydrogens is 520 g/mol. The lowest BCUT2D eigenvalue weighted by Crippen LogP contribution is -2.62. The highest BCUT2D eigenvalue weighted by Crippen LogP contribution is 2.38. The molecule has 0 aliphatic carbocycles. The van der Waals surface area contributed by atoms with Gasteiger partial charge in [0, 0.05) is 33.8 Å². The highest BCUT2D eigenvalue weighted by Gasteiger charge is 2.49. The van der Waals surface area contributed by atoms with E-state index < -0.39 is 22.8 Å². The van der Waals surface area contributed by atoms with E-state index >= 15 is 0 Å². The van der Waals surface area contributed by atoms with Gasteiger partial charge in [0.2, 0.25) is 0 Å². The van der Waals surface area contributed by atoms with Crippen molar-refractivity contribution in [3.63, 3.8) is 0 Å². The van der Waals surface area contributed by atoms with Crippen LogP contribution in [0.25, 0.3) is 11.1 Å². The molecule has 0 saturated carbocycles. The number of carbonyl (C=O) groups excluding carboxylic acids is 2. The SMILES string of the molecule is CCOC(=O)C(NCc1ccc(-c2cc(CC(C)C)sc2NS(=O)[O-])cc1)(C(=O)c1ccccc1)C(C)C. The largest absolute Gasteiger partial charge is 0.755 e. The zero-order valence-corrected chi connectivity index (χ0v) is 24.0. The average Bonchev–Trinajstić information content (AvgIpc) is 3.25. The monoisotopic (exact) mass is 555 g/mol. The number of hydrogen-bond acceptors (Lipinski definition) is 7. The first-order chi connectivity index (χ1) is 18.1. The summed E-state index contributed by atoms with van der Waals surface area (Å²) in [5.41, 5.74) is 1.43. The minimum absolute atomic E-state index is 0.162. The number of ketones is 1. The van der Waals surface area contributed by atoms with Crippen molar-refractivity contribution in [1.82, 2.24) is 5.32 Å². The summed E-state index contributed by atoms with van der Waals surface area (Å²) in [5, 5.41) is 3.82. The molecule has 0 bridgehead atoms. The normalized spacial score (nSPS) is 13.8. The van der Waals surface area contributed by atoms with Crippen LogP contribution in [0.1, 0.15) is 55.4 Å². The summed E-state index contributed by atoms with van der Waals surface area (Å²) in [4.78, 5) is 28.0. The quantitative estimate of drug-likeness (QED) is 0.120. The molecule has 2 unspecified atom stereocenters. The first-order valence-electron chi connectivity index (χ1n) is 12.7. The second-order valence-corrected chi connectivity index (χ2v) is 11.6. The first-order valence-corrected chi connectivity index (χ1v) is 14.6. The molecule has 3 rings (SSSR count). The van der Waals surface area contributed by atoms with Crippen molar-refractivity contribution in [2.75, 3.05) is 11.3 Å². The Hall–Kier alpha value is -2.85. The van der Waals surface area contributed by atoms with E-state index in [0.717, 1.165) is 28.0 Å². The summed E-state index contributed by atoms with van der Waals surface area (Å²) in [5.74, 6) is -0.863. The standard InChI is InChI=1S/C29H36N2O5S2/c1-6-36-28(33)29(20(4)5,26(32)23-10-8-7-9-11-23)30-18-21-12-14-22(15-13-21)25-17-24(16-19(2)3)37-27(25)31-38(34)35/h7-15,17,19-20,30-31H,6,16,18H2,1-5H3,(H,34,35)/p-1. The summed E-state index contributed by atoms with van der Waals surface area (Å²) in [6.07, 6.45) is 0.855. The average molecular weight is 556 g/mol. The number of hydrogen-bond donors (Lipinski definition) is 2. The number of rotatable bonds is 13. The molecule has 2 N–H and O–H groups in total. The molecule has 2 aromatic carbocycles. The van der Waals surface area contributed by atoms with Crippen molar-refractivity contribution in [2.45, 2.75) is 53.1 Å². The molecule has 0 fully saturated rings. The van der Waals surface area contributed by atoms with Gasteiger partial charge in [-0.3, -0.25) is 14.3 Å². The van der Waals surface area contributed by atoms with E-state index in [2.05, 4.69) is 23.9 Å². The lowest BCUT2D eigenvalue weighted by Gasteiger charge is -2.35. The second-order valence-electron chi connectivity index (χ2n) is 9.82. The topological polar surface area (TPSA) is 108 Å². The smallest absolute Gasteiger partial charge is 0.334 e. The number of Topliss-reactive ketones (excluding diaryl/α,β-unsaturated/α-hetero) is 1. The number of nitrogens with one attached hydrogen (secondary N) is 2. The molecule has 2 atom stereocenters. The molecule has 9 heteroatoms. The Labute approximate surface area is 231 Å². The van der Waals surface area contributed by atoms with Gasteiger partial charge in [-0.25, -0.2) is 4.79 Å². The number of ether oxygens (including phenoxy) is 1. The Balaban J connectivity index is 1.89. The molecular formula is C29H35N2O5S2-. The van der Waals surface area contributed by atoms with Crippen LogP contribution in [0.15, 0.2) is 60.7 Å². The predicted octanol–water partition coefficient (Wildman–Crippen LogP) is 5.75. The number of thiophene rings is 1. The molecule has 7 nitrogen and oxygen atoms in total. The third-order valence-electron chi connectivity index (χ3n) is 6.26. The molecule has 1 heterocycles. The Morgan fingerprint density at radius 2 is 1.71 bits per heavy atom. The van der Waals surface area contributed by atoms with Gasteiger partial charge < -0.3 is 14.0 Å². The van der Waals surface area contributed by atoms with Gasteiger partial charge in [-0.2, -0.15) is 0 Å². The van der Waals surface area contributed by atoms with E-state index in [1.54, 1.807) is 31.2 Å². The molecule has 0 saturated heterocycles. The molecule has 0 radical (unpaired) electrons. The van der Waals surface area contributed by atoms with Crippen molar-refractivity contribution < 1.29 is 23.1 Å². The van der Waals surface area contributed by atoms with E-state index in [9.17, 15) is 18.4 Å². The second kappa shape index (κ2) is 13.3. The van der Waals surface area contributed by atoms with Crippen LogP contribution in [-0.2, 0) is 33.8 Å². The third-order valence-corrected chi connectivity index (χ3v) is 7.84. The fraction of sp³-hybridized carbons (Fsp3) is 0.379. The van der Waals surface area contributed by atoms with E-state index in [4.69, 9.17) is 4.74 Å². The number of esters is 1. The number of benzene rings is 2. The van der Waals surface area contributed by atoms with E-state index in [1.807, 2.05) is 50.2 Å². The summed E-state index contributed by atoms with van der Waals surface area (Å²) < 4.78 is 30.6. The van der Waals surface area contributed by atoms with Crippen LogP contribution in [0.3, 0.4) is 0 Å². The van der Waals surface area contributed by atoms with Gasteiger partial charge in [0.15, 0.2) is 11.3 Å². The van der Waals surface area contributed by atoms with Crippen LogP contribution in [0, 0.1) is 11.8 Å². The highest BCUT2D eigenvalue weighted by molar-refractivity contribution is 7.80. The van der Waals surface area contributed by atoms with E-state index in [0.29, 0.717) is 16.5 Å². The molecule has 0 aliphatic rings. The Morgan fingerprint density at radius 1 is 1.05 bits per heavy atom. The predicted molar refractivity (Wildman–Crippen MR) is 153 cm³/mol. The molecule has 3 aromatic rings. The Kier molecular flexibility index (Phi) is 10.4. The van der Waals surface area contributed by atoms with Crippen LogP contribution in [0.2, 0.25) is 0 Å². The zero-order chi connectivity index (χ0) is 27.9. The molecule has 0 spiro atoms. The molecule has 0 aliphatic heterocycles. The van der Waals surface area contributed by atoms with Crippen molar-refractivity contribution in [2.24, 2.45) is 11.8 Å². The third kappa shape index (κ3) is 6.96. The first kappa shape index (κ1) is 29.7. The molecule has 1 aromatic heterocycles. The number of carbonyl (C=O) groups is 2. The Morgan fingerprint density at radius 3 is 2.26 bits per heavy atom. The highest BCUT2D eigenvalue weighted by atomic mass is 32.2. The van der Waals surface area contributed by atoms with Crippen LogP contribution in [0.5, 0.6) is 0 Å². The Bertz CT molecular complexity index is 1260. The summed E-state index contributed by atoms with van der Waals surface area (Å²) in [7, 11) is 0. The van der Waals surface area contributed by atoms with Crippen molar-refractivity contribution in [1.29, 1.82) is 0 Å². The molecule has 0 amide bonds. The van der Waals surface area contributed by atoms with Crippen molar-refractivity contribution in [3.8, 4) is 11.1 Å². The summed E-state index contributed by atoms with van der Waals surface area (Å²) >= 11 is -0.989. The van der Waals surface area contributed by atoms with E-state index in [-0.39, 0.29) is 24.9 Å². The maximum absolute atomic E-state index is 13.7. The van der Waals surface area contributed by atoms with Gasteiger partial charge in [0.05, 0.1) is 6.61 Å². The summed E-state index contributed by atoms with van der Waals surface area (Å²) in [6.45, 7) is 10.0. The van der Waals surface area contributed by atoms with Crippen LogP contribution in [-0.4, -0.2) is 32.7 Å². The van der Waals surface area contributed by atoms with Gasteiger partial charge in [0.25, 0.3) is 0 Å². The van der Waals surface area contributed by atoms with E-state index in [1.165, 1.54) is 11.3 Å². The zero-order valence-electron chi connectivity index (χ0n) is 22.4. The maximum atomic E-state index is 13.7. The van der Waals surface area contributed by atoms with Gasteiger partial charge in [-0.1, -0.05) is 82.3 Å². The molecule has 38 heavy (non-hydrogen) atoms. The van der Waals surface area contributed by atoms with Gasteiger partial charge in [-0.05, 0) is 42.4 Å². The van der Waals surface area contributed by atoms with Crippen molar-refractivity contribution >= 4 is 39.4 Å². The van der Waals surface area contributed by atoms with Gasteiger partial charge in [-0.15, -0.1) is 11.3 Å². The summed E-state index contributed by atoms with van der Waals surface area (Å²) in [6, 6.07) is 18.4. The molecule has 204 valence electrons. The van der Waals surface area contributed by atoms with Crippen LogP contribution >= 0.6 is 11.3 Å². The van der Waals surface area contributed by atoms with Crippen LogP contribution in [0.4, 0.5) is 5.00 Å². The van der Waals surface area contributed by atoms with Crippen molar-refractivity contribution in [3.05, 3.63) is 76.7 Å². The fourth-order valence-electron chi connectivity index (χ4n) is 4.36. The van der Waals surface area contributed by atoms with Gasteiger partial charge >= 0.3 is 5.97 Å². The minimum Gasteiger partial charge on any atom is -0.755 e. The minimum atomic E-state index is -2.42. The lowest BCUT2D eigenvalue weighted by atomic mass is 9.79. The van der Waals surface area contributed by atoms with Gasteiger partial charge in [0.1, 0.15) is 5.00 Å². The lowest BCUT2D eigenvalue weighted by molar-refractivity contribution is -0.150. The number of anilines is 1. The van der Waals surface area contributed by atoms with Crippen LogP contribution < -0.4 is 10.0 Å². The maximum Gasteiger partial charge on any atom is 0.334 e.